The second-order valence-corrected chi connectivity index (χ2v) is 4.42. The number of benzene rings is 1. The minimum atomic E-state index is -1.10. The van der Waals surface area contributed by atoms with Crippen LogP contribution in [0.1, 0.15) is 36.0 Å². The maximum Gasteiger partial charge on any atom is 0.373 e. The highest BCUT2D eigenvalue weighted by molar-refractivity contribution is 5.86. The molecule has 0 aliphatic heterocycles. The Kier molecular flexibility index (Phi) is 3.55. The van der Waals surface area contributed by atoms with Crippen LogP contribution in [0.3, 0.4) is 0 Å². The van der Waals surface area contributed by atoms with Crippen molar-refractivity contribution in [2.45, 2.75) is 19.8 Å². The third kappa shape index (κ3) is 2.59. The van der Waals surface area contributed by atoms with Crippen molar-refractivity contribution in [3.8, 4) is 17.2 Å². The molecule has 5 nitrogen and oxygen atoms in total. The second-order valence-electron chi connectivity index (χ2n) is 4.42. The first-order valence-corrected chi connectivity index (χ1v) is 5.91. The van der Waals surface area contributed by atoms with Gasteiger partial charge in [0, 0.05) is 5.56 Å². The number of rotatable bonds is 4. The van der Waals surface area contributed by atoms with Gasteiger partial charge in [-0.3, -0.25) is 0 Å². The standard InChI is InChI=1S/C14H15NO4/c1-8(2)11-12(14(16)17)19-13(15-11)9-4-6-10(18-3)7-5-9/h4-8H,1-3H3,(H,16,17). The quantitative estimate of drug-likeness (QED) is 0.915. The number of hydrogen-bond donors (Lipinski definition) is 1. The summed E-state index contributed by atoms with van der Waals surface area (Å²) in [6.07, 6.45) is 0. The van der Waals surface area contributed by atoms with E-state index in [0.29, 0.717) is 11.6 Å². The normalized spacial score (nSPS) is 10.7. The molecule has 0 saturated carbocycles. The molecule has 1 N–H and O–H groups in total. The van der Waals surface area contributed by atoms with E-state index in [1.54, 1.807) is 31.4 Å². The smallest absolute Gasteiger partial charge is 0.373 e. The lowest BCUT2D eigenvalue weighted by Gasteiger charge is -1.99. The molecule has 1 aromatic carbocycles. The van der Waals surface area contributed by atoms with Crippen molar-refractivity contribution in [1.82, 2.24) is 4.98 Å². The van der Waals surface area contributed by atoms with Crippen LogP contribution >= 0.6 is 0 Å². The van der Waals surface area contributed by atoms with Crippen molar-refractivity contribution >= 4 is 5.97 Å². The highest BCUT2D eigenvalue weighted by Crippen LogP contribution is 2.27. The Morgan fingerprint density at radius 3 is 2.37 bits per heavy atom. The minimum Gasteiger partial charge on any atom is -0.497 e. The second kappa shape index (κ2) is 5.14. The van der Waals surface area contributed by atoms with E-state index in [4.69, 9.17) is 14.3 Å². The third-order valence-corrected chi connectivity index (χ3v) is 2.73. The first-order valence-electron chi connectivity index (χ1n) is 5.91. The molecule has 0 aliphatic rings. The van der Waals surface area contributed by atoms with Crippen molar-refractivity contribution in [1.29, 1.82) is 0 Å². The van der Waals surface area contributed by atoms with Gasteiger partial charge in [-0.2, -0.15) is 0 Å². The van der Waals surface area contributed by atoms with Gasteiger partial charge in [0.2, 0.25) is 11.7 Å². The van der Waals surface area contributed by atoms with Crippen LogP contribution in [0.15, 0.2) is 28.7 Å². The van der Waals surface area contributed by atoms with Gasteiger partial charge in [0.25, 0.3) is 0 Å². The van der Waals surface area contributed by atoms with Gasteiger partial charge in [0.1, 0.15) is 5.75 Å². The Hall–Kier alpha value is -2.30. The van der Waals surface area contributed by atoms with Crippen LogP contribution in [0, 0.1) is 0 Å². The van der Waals surface area contributed by atoms with Crippen molar-refractivity contribution in [2.24, 2.45) is 0 Å². The Balaban J connectivity index is 2.44. The Morgan fingerprint density at radius 2 is 1.95 bits per heavy atom. The number of carbonyl (C=O) groups is 1. The Bertz CT molecular complexity index is 584. The summed E-state index contributed by atoms with van der Waals surface area (Å²) in [6, 6.07) is 7.10. The number of aromatic carboxylic acids is 1. The molecule has 0 aliphatic carbocycles. The van der Waals surface area contributed by atoms with Gasteiger partial charge in [-0.25, -0.2) is 9.78 Å². The summed E-state index contributed by atoms with van der Waals surface area (Å²) in [5.41, 5.74) is 1.17. The number of nitrogens with zero attached hydrogens (tertiary/aromatic N) is 1. The summed E-state index contributed by atoms with van der Waals surface area (Å²) < 4.78 is 10.4. The van der Waals surface area contributed by atoms with Crippen molar-refractivity contribution in [3.63, 3.8) is 0 Å². The molecule has 0 fully saturated rings. The van der Waals surface area contributed by atoms with Gasteiger partial charge in [-0.1, -0.05) is 13.8 Å². The lowest BCUT2D eigenvalue weighted by atomic mass is 10.1. The van der Waals surface area contributed by atoms with Crippen LogP contribution in [-0.4, -0.2) is 23.2 Å². The maximum absolute atomic E-state index is 11.1. The molecule has 0 radical (unpaired) electrons. The Labute approximate surface area is 110 Å². The number of methoxy groups -OCH3 is 1. The van der Waals surface area contributed by atoms with Crippen molar-refractivity contribution in [2.75, 3.05) is 7.11 Å². The van der Waals surface area contributed by atoms with Crippen LogP contribution in [0.2, 0.25) is 0 Å². The van der Waals surface area contributed by atoms with Crippen LogP contribution in [-0.2, 0) is 0 Å². The fraction of sp³-hybridized carbons (Fsp3) is 0.286. The van der Waals surface area contributed by atoms with Gasteiger partial charge in [-0.15, -0.1) is 0 Å². The summed E-state index contributed by atoms with van der Waals surface area (Å²) in [5, 5.41) is 9.10. The molecule has 0 unspecified atom stereocenters. The van der Waals surface area contributed by atoms with Crippen LogP contribution in [0.5, 0.6) is 5.75 Å². The lowest BCUT2D eigenvalue weighted by molar-refractivity contribution is 0.0661. The third-order valence-electron chi connectivity index (χ3n) is 2.73. The lowest BCUT2D eigenvalue weighted by Crippen LogP contribution is -2.01. The van der Waals surface area contributed by atoms with Crippen LogP contribution in [0.25, 0.3) is 11.5 Å². The van der Waals surface area contributed by atoms with E-state index in [9.17, 15) is 4.79 Å². The van der Waals surface area contributed by atoms with E-state index in [0.717, 1.165) is 11.3 Å². The van der Waals surface area contributed by atoms with Crippen LogP contribution < -0.4 is 4.74 Å². The molecular formula is C14H15NO4. The molecule has 1 aromatic heterocycles. The summed E-state index contributed by atoms with van der Waals surface area (Å²) >= 11 is 0. The predicted octanol–water partition coefficient (Wildman–Crippen LogP) is 3.17. The monoisotopic (exact) mass is 261 g/mol. The highest BCUT2D eigenvalue weighted by Gasteiger charge is 2.22. The molecule has 0 atom stereocenters. The zero-order chi connectivity index (χ0) is 14.0. The van der Waals surface area contributed by atoms with Gasteiger partial charge >= 0.3 is 5.97 Å². The molecule has 0 saturated heterocycles. The molecule has 1 heterocycles. The first kappa shape index (κ1) is 13.1. The first-order chi connectivity index (χ1) is 9.02. The fourth-order valence-electron chi connectivity index (χ4n) is 1.73. The number of oxazole rings is 1. The topological polar surface area (TPSA) is 72.6 Å². The summed E-state index contributed by atoms with van der Waals surface area (Å²) in [7, 11) is 1.58. The number of hydrogen-bond acceptors (Lipinski definition) is 4. The molecule has 2 aromatic rings. The summed E-state index contributed by atoms with van der Waals surface area (Å²) in [5.74, 6) is -0.180. The molecule has 2 rings (SSSR count). The SMILES string of the molecule is COc1ccc(-c2nc(C(C)C)c(C(=O)O)o2)cc1. The average Bonchev–Trinajstić information content (AvgIpc) is 2.84. The molecule has 100 valence electrons. The van der Waals surface area contributed by atoms with E-state index in [-0.39, 0.29) is 11.7 Å². The van der Waals surface area contributed by atoms with E-state index in [1.165, 1.54) is 0 Å². The average molecular weight is 261 g/mol. The largest absolute Gasteiger partial charge is 0.497 e. The van der Waals surface area contributed by atoms with Crippen molar-refractivity contribution in [3.05, 3.63) is 35.7 Å². The summed E-state index contributed by atoms with van der Waals surface area (Å²) in [4.78, 5) is 15.4. The van der Waals surface area contributed by atoms with Crippen LogP contribution in [0.4, 0.5) is 0 Å². The van der Waals surface area contributed by atoms with E-state index >= 15 is 0 Å². The molecule has 5 heteroatoms. The number of ether oxygens (including phenoxy) is 1. The molecule has 0 amide bonds. The number of carboxylic acid groups (broad SMARTS) is 1. The van der Waals surface area contributed by atoms with E-state index in [2.05, 4.69) is 4.98 Å². The zero-order valence-corrected chi connectivity index (χ0v) is 11.0. The van der Waals surface area contributed by atoms with Gasteiger partial charge in [-0.05, 0) is 30.2 Å². The maximum atomic E-state index is 11.1. The minimum absolute atomic E-state index is 0.0122. The van der Waals surface area contributed by atoms with Crippen molar-refractivity contribution < 1.29 is 19.1 Å². The zero-order valence-electron chi connectivity index (χ0n) is 11.0. The number of aromatic nitrogens is 1. The van der Waals surface area contributed by atoms with E-state index in [1.807, 2.05) is 13.8 Å². The summed E-state index contributed by atoms with van der Waals surface area (Å²) in [6.45, 7) is 3.75. The van der Waals surface area contributed by atoms with Gasteiger partial charge < -0.3 is 14.3 Å². The molecule has 0 bridgehead atoms. The van der Waals surface area contributed by atoms with Gasteiger partial charge in [0.15, 0.2) is 0 Å². The highest BCUT2D eigenvalue weighted by atomic mass is 16.5. The molecule has 0 spiro atoms. The fourth-order valence-corrected chi connectivity index (χ4v) is 1.73. The molecule has 19 heavy (non-hydrogen) atoms. The predicted molar refractivity (Wildman–Crippen MR) is 69.5 cm³/mol. The molecular weight excluding hydrogens is 246 g/mol. The van der Waals surface area contributed by atoms with E-state index < -0.39 is 5.97 Å². The number of carboxylic acids is 1. The Morgan fingerprint density at radius 1 is 1.32 bits per heavy atom. The van der Waals surface area contributed by atoms with Gasteiger partial charge in [0.05, 0.1) is 12.8 Å².